The molecule has 0 amide bonds. The molecule has 23 heavy (non-hydrogen) atoms. The Balaban J connectivity index is 1.86. The van der Waals surface area contributed by atoms with Gasteiger partial charge in [0.05, 0.1) is 12.9 Å². The van der Waals surface area contributed by atoms with E-state index in [-0.39, 0.29) is 0 Å². The number of nitrogens with two attached hydrogens (primary N) is 1. The fourth-order valence-electron chi connectivity index (χ4n) is 2.29. The first-order chi connectivity index (χ1) is 11.1. The molecule has 0 unspecified atom stereocenters. The monoisotopic (exact) mass is 327 g/mol. The van der Waals surface area contributed by atoms with E-state index in [0.717, 1.165) is 29.5 Å². The van der Waals surface area contributed by atoms with E-state index in [1.54, 1.807) is 18.1 Å². The van der Waals surface area contributed by atoms with Gasteiger partial charge in [-0.1, -0.05) is 55.9 Å². The highest BCUT2D eigenvalue weighted by Crippen LogP contribution is 2.23. The number of nitrogens with zero attached hydrogens (tertiary/aromatic N) is 4. The standard InChI is InChI=1S/C17H21N5S/c1-12(2)8-9-23-17-20-15(18)14-16(21-17)22(11-19-14)10-13-6-4-3-5-7-13/h3-7,11-12H,8-10H2,1-2H3,(H2,18,20,21). The van der Waals surface area contributed by atoms with E-state index < -0.39 is 0 Å². The molecule has 2 aromatic heterocycles. The van der Waals surface area contributed by atoms with Gasteiger partial charge in [-0.2, -0.15) is 0 Å². The van der Waals surface area contributed by atoms with Crippen LogP contribution in [0.1, 0.15) is 25.8 Å². The summed E-state index contributed by atoms with van der Waals surface area (Å²) >= 11 is 1.65. The van der Waals surface area contributed by atoms with Gasteiger partial charge in [0.25, 0.3) is 0 Å². The summed E-state index contributed by atoms with van der Waals surface area (Å²) in [6, 6.07) is 10.3. The molecule has 0 radical (unpaired) electrons. The van der Waals surface area contributed by atoms with Crippen molar-refractivity contribution in [3.63, 3.8) is 0 Å². The number of imidazole rings is 1. The van der Waals surface area contributed by atoms with Crippen LogP contribution in [0.3, 0.4) is 0 Å². The molecule has 0 fully saturated rings. The van der Waals surface area contributed by atoms with Crippen molar-refractivity contribution in [3.05, 3.63) is 42.2 Å². The molecule has 1 aromatic carbocycles. The molecule has 2 N–H and O–H groups in total. The topological polar surface area (TPSA) is 69.6 Å². The minimum absolute atomic E-state index is 0.453. The number of rotatable bonds is 6. The van der Waals surface area contributed by atoms with Crippen LogP contribution in [-0.4, -0.2) is 25.3 Å². The molecule has 3 rings (SSSR count). The Morgan fingerprint density at radius 3 is 2.70 bits per heavy atom. The van der Waals surface area contributed by atoms with Crippen molar-refractivity contribution < 1.29 is 0 Å². The summed E-state index contributed by atoms with van der Waals surface area (Å²) in [6.45, 7) is 5.16. The predicted molar refractivity (Wildman–Crippen MR) is 95.5 cm³/mol. The first-order valence-corrected chi connectivity index (χ1v) is 8.77. The number of benzene rings is 1. The highest BCUT2D eigenvalue weighted by atomic mass is 32.2. The van der Waals surface area contributed by atoms with Crippen LogP contribution in [0.4, 0.5) is 5.82 Å². The smallest absolute Gasteiger partial charge is 0.191 e. The second-order valence-electron chi connectivity index (χ2n) is 5.95. The molecule has 120 valence electrons. The van der Waals surface area contributed by atoms with Crippen LogP contribution in [0.25, 0.3) is 11.2 Å². The fraction of sp³-hybridized carbons (Fsp3) is 0.353. The number of aromatic nitrogens is 4. The molecule has 5 nitrogen and oxygen atoms in total. The number of hydrogen-bond acceptors (Lipinski definition) is 5. The summed E-state index contributed by atoms with van der Waals surface area (Å²) in [5.74, 6) is 2.12. The fourth-order valence-corrected chi connectivity index (χ4v) is 3.38. The van der Waals surface area contributed by atoms with Gasteiger partial charge in [-0.25, -0.2) is 15.0 Å². The van der Waals surface area contributed by atoms with Gasteiger partial charge in [0.2, 0.25) is 0 Å². The van der Waals surface area contributed by atoms with Gasteiger partial charge in [-0.3, -0.25) is 0 Å². The highest BCUT2D eigenvalue weighted by Gasteiger charge is 2.12. The quantitative estimate of drug-likeness (QED) is 0.553. The maximum absolute atomic E-state index is 6.05. The van der Waals surface area contributed by atoms with Gasteiger partial charge in [-0.05, 0) is 17.9 Å². The maximum atomic E-state index is 6.05. The Hall–Kier alpha value is -2.08. The molecule has 0 bridgehead atoms. The summed E-state index contributed by atoms with van der Waals surface area (Å²) < 4.78 is 2.02. The van der Waals surface area contributed by atoms with E-state index in [0.29, 0.717) is 17.3 Å². The van der Waals surface area contributed by atoms with Gasteiger partial charge in [-0.15, -0.1) is 0 Å². The third kappa shape index (κ3) is 3.82. The molecular weight excluding hydrogens is 306 g/mol. The zero-order valence-electron chi connectivity index (χ0n) is 13.4. The first kappa shape index (κ1) is 15.8. The Kier molecular flexibility index (Phi) is 4.81. The van der Waals surface area contributed by atoms with Crippen LogP contribution < -0.4 is 5.73 Å². The number of anilines is 1. The van der Waals surface area contributed by atoms with Gasteiger partial charge in [0.15, 0.2) is 16.6 Å². The Morgan fingerprint density at radius 1 is 1.17 bits per heavy atom. The van der Waals surface area contributed by atoms with Gasteiger partial charge < -0.3 is 10.3 Å². The van der Waals surface area contributed by atoms with Crippen LogP contribution in [-0.2, 0) is 6.54 Å². The minimum Gasteiger partial charge on any atom is -0.382 e. The average molecular weight is 327 g/mol. The second kappa shape index (κ2) is 7.00. The van der Waals surface area contributed by atoms with E-state index in [4.69, 9.17) is 5.73 Å². The van der Waals surface area contributed by atoms with Crippen molar-refractivity contribution >= 4 is 28.7 Å². The zero-order valence-corrected chi connectivity index (χ0v) is 14.3. The maximum Gasteiger partial charge on any atom is 0.191 e. The summed E-state index contributed by atoms with van der Waals surface area (Å²) in [7, 11) is 0. The first-order valence-electron chi connectivity index (χ1n) is 7.78. The Morgan fingerprint density at radius 2 is 1.96 bits per heavy atom. The van der Waals surface area contributed by atoms with Crippen molar-refractivity contribution in [1.82, 2.24) is 19.5 Å². The second-order valence-corrected chi connectivity index (χ2v) is 7.01. The van der Waals surface area contributed by atoms with E-state index in [9.17, 15) is 0 Å². The summed E-state index contributed by atoms with van der Waals surface area (Å²) in [4.78, 5) is 13.4. The van der Waals surface area contributed by atoms with Crippen LogP contribution in [0.2, 0.25) is 0 Å². The SMILES string of the molecule is CC(C)CCSc1nc(N)c2ncn(Cc3ccccc3)c2n1. The number of fused-ring (bicyclic) bond motifs is 1. The van der Waals surface area contributed by atoms with Crippen molar-refractivity contribution in [2.24, 2.45) is 5.92 Å². The van der Waals surface area contributed by atoms with E-state index >= 15 is 0 Å². The molecule has 0 spiro atoms. The zero-order chi connectivity index (χ0) is 16.2. The van der Waals surface area contributed by atoms with Crippen LogP contribution in [0.5, 0.6) is 0 Å². The third-order valence-corrected chi connectivity index (χ3v) is 4.47. The number of hydrogen-bond donors (Lipinski definition) is 1. The third-order valence-electron chi connectivity index (χ3n) is 3.59. The molecule has 6 heteroatoms. The highest BCUT2D eigenvalue weighted by molar-refractivity contribution is 7.99. The van der Waals surface area contributed by atoms with Crippen LogP contribution in [0, 0.1) is 5.92 Å². The molecule has 0 aliphatic heterocycles. The van der Waals surface area contributed by atoms with Gasteiger partial charge in [0, 0.05) is 5.75 Å². The molecular formula is C17H21N5S. The Labute approximate surface area is 140 Å². The number of nitrogen functional groups attached to an aromatic ring is 1. The van der Waals surface area contributed by atoms with Crippen molar-refractivity contribution in [2.45, 2.75) is 32.0 Å². The van der Waals surface area contributed by atoms with Gasteiger partial charge >= 0.3 is 0 Å². The summed E-state index contributed by atoms with van der Waals surface area (Å²) in [6.07, 6.45) is 2.92. The molecule has 3 aromatic rings. The van der Waals surface area contributed by atoms with E-state index in [2.05, 4.69) is 40.9 Å². The molecule has 0 saturated heterocycles. The lowest BCUT2D eigenvalue weighted by Gasteiger charge is -2.07. The lowest BCUT2D eigenvalue weighted by Crippen LogP contribution is -2.02. The molecule has 0 aliphatic carbocycles. The largest absolute Gasteiger partial charge is 0.382 e. The van der Waals surface area contributed by atoms with Crippen molar-refractivity contribution in [1.29, 1.82) is 0 Å². The average Bonchev–Trinajstić information content (AvgIpc) is 2.92. The van der Waals surface area contributed by atoms with Crippen molar-refractivity contribution in [3.8, 4) is 0 Å². The predicted octanol–water partition coefficient (Wildman–Crippen LogP) is 3.60. The van der Waals surface area contributed by atoms with E-state index in [1.807, 2.05) is 22.8 Å². The minimum atomic E-state index is 0.453. The number of thioether (sulfide) groups is 1. The Bertz CT molecular complexity index is 782. The molecule has 2 heterocycles. The normalized spacial score (nSPS) is 11.4. The summed E-state index contributed by atoms with van der Waals surface area (Å²) in [5, 5.41) is 0.727. The van der Waals surface area contributed by atoms with Crippen LogP contribution in [0.15, 0.2) is 41.8 Å². The van der Waals surface area contributed by atoms with E-state index in [1.165, 1.54) is 5.56 Å². The lowest BCUT2D eigenvalue weighted by molar-refractivity contribution is 0.631. The lowest BCUT2D eigenvalue weighted by atomic mass is 10.2. The van der Waals surface area contributed by atoms with Crippen molar-refractivity contribution in [2.75, 3.05) is 11.5 Å². The molecule has 0 atom stereocenters. The molecule has 0 aliphatic rings. The summed E-state index contributed by atoms with van der Waals surface area (Å²) in [5.41, 5.74) is 8.74. The van der Waals surface area contributed by atoms with Crippen LogP contribution >= 0.6 is 11.8 Å². The van der Waals surface area contributed by atoms with Gasteiger partial charge in [0.1, 0.15) is 5.52 Å². The molecule has 0 saturated carbocycles.